The molecule has 5 rings (SSSR count). The largest absolute Gasteiger partial charge is 0.508 e. The van der Waals surface area contributed by atoms with Gasteiger partial charge >= 0.3 is 0 Å². The minimum Gasteiger partial charge on any atom is -0.508 e. The lowest BCUT2D eigenvalue weighted by molar-refractivity contribution is -0.147. The number of allylic oxidation sites excluding steroid dienone is 1. The fraction of sp³-hybridized carbons (Fsp3) is 0.519. The number of carbonyl (C=O) groups excluding carboxylic acids is 3. The van der Waals surface area contributed by atoms with Crippen molar-refractivity contribution in [3.05, 3.63) is 45.7 Å². The molecular formula is C27H30O7. The van der Waals surface area contributed by atoms with Gasteiger partial charge in [0.2, 0.25) is 5.78 Å². The summed E-state index contributed by atoms with van der Waals surface area (Å²) in [6.45, 7) is 1.10. The van der Waals surface area contributed by atoms with Gasteiger partial charge in [-0.1, -0.05) is 31.7 Å². The highest BCUT2D eigenvalue weighted by molar-refractivity contribution is 6.23. The Morgan fingerprint density at radius 1 is 1.09 bits per heavy atom. The first-order chi connectivity index (χ1) is 16.1. The maximum atomic E-state index is 13.6. The number of phenols is 1. The molecular weight excluding hydrogens is 436 g/mol. The summed E-state index contributed by atoms with van der Waals surface area (Å²) in [5, 5.41) is 43.8. The van der Waals surface area contributed by atoms with Crippen LogP contribution in [0.2, 0.25) is 0 Å². The lowest BCUT2D eigenvalue weighted by Gasteiger charge is -2.46. The van der Waals surface area contributed by atoms with Gasteiger partial charge in [-0.2, -0.15) is 0 Å². The molecule has 1 aromatic rings. The van der Waals surface area contributed by atoms with Crippen LogP contribution in [0.5, 0.6) is 5.75 Å². The molecule has 0 aliphatic heterocycles. The maximum Gasteiger partial charge on any atom is 0.202 e. The predicted octanol–water partition coefficient (Wildman–Crippen LogP) is 3.65. The van der Waals surface area contributed by atoms with Crippen molar-refractivity contribution in [3.63, 3.8) is 0 Å². The number of aromatic hydroxyl groups is 1. The normalized spacial score (nSPS) is 29.2. The highest BCUT2D eigenvalue weighted by Crippen LogP contribution is 2.52. The summed E-state index contributed by atoms with van der Waals surface area (Å²) in [4.78, 5) is 38.0. The van der Waals surface area contributed by atoms with Crippen molar-refractivity contribution in [1.82, 2.24) is 0 Å². The molecule has 4 aliphatic carbocycles. The van der Waals surface area contributed by atoms with E-state index in [1.54, 1.807) is 0 Å². The van der Waals surface area contributed by atoms with Gasteiger partial charge in [0.15, 0.2) is 17.2 Å². The van der Waals surface area contributed by atoms with E-state index in [9.17, 15) is 34.8 Å². The summed E-state index contributed by atoms with van der Waals surface area (Å²) in [6.07, 6.45) is 7.15. The molecule has 2 unspecified atom stereocenters. The molecule has 4 aliphatic rings. The van der Waals surface area contributed by atoms with E-state index in [0.29, 0.717) is 12.3 Å². The minimum atomic E-state index is -2.44. The first kappa shape index (κ1) is 22.8. The lowest BCUT2D eigenvalue weighted by Crippen LogP contribution is -2.57. The smallest absolute Gasteiger partial charge is 0.202 e. The minimum absolute atomic E-state index is 0.0571. The van der Waals surface area contributed by atoms with Crippen LogP contribution in [0.1, 0.15) is 68.6 Å². The molecule has 3 atom stereocenters. The number of benzene rings is 1. The SMILES string of the molecule is CC(=O)C1=C(O)[C@@]2(O)C(=O)C3=C(O)c4c(O)ccc(CCC5CCCC5)c4CC3CC2CC1=O. The van der Waals surface area contributed by atoms with Crippen LogP contribution in [0, 0.1) is 17.8 Å². The number of aryl methyl sites for hydroxylation is 1. The number of phenolic OH excluding ortho intramolecular Hbond substituents is 1. The van der Waals surface area contributed by atoms with E-state index < -0.39 is 51.9 Å². The molecule has 7 heteroatoms. The number of aliphatic hydroxyl groups excluding tert-OH is 2. The van der Waals surface area contributed by atoms with Crippen LogP contribution in [0.25, 0.3) is 5.76 Å². The van der Waals surface area contributed by atoms with Crippen molar-refractivity contribution in [1.29, 1.82) is 0 Å². The summed E-state index contributed by atoms with van der Waals surface area (Å²) in [5.74, 6) is -4.35. The van der Waals surface area contributed by atoms with Crippen molar-refractivity contribution in [2.45, 2.75) is 70.3 Å². The number of hydrogen-bond acceptors (Lipinski definition) is 7. The third-order valence-corrected chi connectivity index (χ3v) is 8.45. The number of aliphatic hydroxyl groups is 3. The van der Waals surface area contributed by atoms with Gasteiger partial charge in [0.1, 0.15) is 22.8 Å². The monoisotopic (exact) mass is 466 g/mol. The second-order valence-electron chi connectivity index (χ2n) is 10.4. The Morgan fingerprint density at radius 3 is 2.47 bits per heavy atom. The van der Waals surface area contributed by atoms with Gasteiger partial charge < -0.3 is 20.4 Å². The van der Waals surface area contributed by atoms with Gasteiger partial charge in [-0.15, -0.1) is 0 Å². The van der Waals surface area contributed by atoms with E-state index in [1.165, 1.54) is 31.7 Å². The average molecular weight is 467 g/mol. The Balaban J connectivity index is 1.58. The molecule has 0 heterocycles. The van der Waals surface area contributed by atoms with Crippen LogP contribution in [-0.4, -0.2) is 43.4 Å². The van der Waals surface area contributed by atoms with E-state index in [1.807, 2.05) is 6.07 Å². The summed E-state index contributed by atoms with van der Waals surface area (Å²) < 4.78 is 0. The molecule has 7 nitrogen and oxygen atoms in total. The fourth-order valence-electron chi connectivity index (χ4n) is 6.69. The predicted molar refractivity (Wildman–Crippen MR) is 123 cm³/mol. The quantitative estimate of drug-likeness (QED) is 0.498. The van der Waals surface area contributed by atoms with E-state index in [-0.39, 0.29) is 29.7 Å². The Hall–Kier alpha value is -2.93. The molecule has 0 spiro atoms. The summed E-state index contributed by atoms with van der Waals surface area (Å²) in [7, 11) is 0. The second-order valence-corrected chi connectivity index (χ2v) is 10.4. The topological polar surface area (TPSA) is 132 Å². The number of hydrogen-bond donors (Lipinski definition) is 4. The van der Waals surface area contributed by atoms with Gasteiger partial charge in [-0.25, -0.2) is 0 Å². The zero-order chi connectivity index (χ0) is 24.4. The van der Waals surface area contributed by atoms with Crippen molar-refractivity contribution in [3.8, 4) is 5.75 Å². The molecule has 0 amide bonds. The summed E-state index contributed by atoms with van der Waals surface area (Å²) in [6, 6.07) is 3.40. The number of rotatable bonds is 4. The van der Waals surface area contributed by atoms with E-state index in [4.69, 9.17) is 0 Å². The highest BCUT2D eigenvalue weighted by Gasteiger charge is 2.60. The molecule has 2 fully saturated rings. The first-order valence-corrected chi connectivity index (χ1v) is 12.2. The van der Waals surface area contributed by atoms with Crippen molar-refractivity contribution in [2.24, 2.45) is 17.8 Å². The molecule has 34 heavy (non-hydrogen) atoms. The Bertz CT molecular complexity index is 1170. The number of fused-ring (bicyclic) bond motifs is 3. The third-order valence-electron chi connectivity index (χ3n) is 8.45. The molecule has 0 radical (unpaired) electrons. The van der Waals surface area contributed by atoms with Crippen LogP contribution >= 0.6 is 0 Å². The average Bonchev–Trinajstić information content (AvgIpc) is 3.29. The standard InChI is InChI=1S/C27H30O7/c1-13(28)21-20(30)12-17-10-16-11-18-15(7-6-14-4-2-3-5-14)8-9-19(29)23(18)24(31)22(16)26(33)27(17,34)25(21)32/h8-9,14,16-17,29,31-32,34H,2-7,10-12H2,1H3/t16?,17?,27-/m1/s1. The van der Waals surface area contributed by atoms with Crippen LogP contribution in [-0.2, 0) is 27.2 Å². The fourth-order valence-corrected chi connectivity index (χ4v) is 6.69. The van der Waals surface area contributed by atoms with Crippen LogP contribution in [0.3, 0.4) is 0 Å². The van der Waals surface area contributed by atoms with Crippen LogP contribution in [0.4, 0.5) is 0 Å². The Kier molecular flexibility index (Phi) is 5.43. The maximum absolute atomic E-state index is 13.6. The van der Waals surface area contributed by atoms with Crippen LogP contribution < -0.4 is 0 Å². The molecule has 4 N–H and O–H groups in total. The number of ketones is 3. The van der Waals surface area contributed by atoms with Crippen molar-refractivity contribution in [2.75, 3.05) is 0 Å². The van der Waals surface area contributed by atoms with Crippen molar-refractivity contribution < 1.29 is 34.8 Å². The van der Waals surface area contributed by atoms with E-state index >= 15 is 0 Å². The Morgan fingerprint density at radius 2 is 1.79 bits per heavy atom. The van der Waals surface area contributed by atoms with E-state index in [0.717, 1.165) is 30.9 Å². The van der Waals surface area contributed by atoms with E-state index in [2.05, 4.69) is 0 Å². The zero-order valence-corrected chi connectivity index (χ0v) is 19.3. The lowest BCUT2D eigenvalue weighted by atomic mass is 9.59. The summed E-state index contributed by atoms with van der Waals surface area (Å²) >= 11 is 0. The molecule has 0 bridgehead atoms. The van der Waals surface area contributed by atoms with Gasteiger partial charge in [0, 0.05) is 17.9 Å². The number of carbonyl (C=O) groups is 3. The highest BCUT2D eigenvalue weighted by atomic mass is 16.3. The van der Waals surface area contributed by atoms with Gasteiger partial charge in [0.05, 0.1) is 5.56 Å². The molecule has 0 aromatic heterocycles. The molecule has 180 valence electrons. The zero-order valence-electron chi connectivity index (χ0n) is 19.3. The molecule has 1 aromatic carbocycles. The van der Waals surface area contributed by atoms with Crippen molar-refractivity contribution >= 4 is 23.1 Å². The van der Waals surface area contributed by atoms with Gasteiger partial charge in [-0.05, 0) is 61.6 Å². The molecule has 2 saturated carbocycles. The van der Waals surface area contributed by atoms with Gasteiger partial charge in [-0.3, -0.25) is 14.4 Å². The van der Waals surface area contributed by atoms with Gasteiger partial charge in [0.25, 0.3) is 0 Å². The summed E-state index contributed by atoms with van der Waals surface area (Å²) in [5.41, 5.74) is -1.03. The van der Waals surface area contributed by atoms with Crippen LogP contribution in [0.15, 0.2) is 29.0 Å². The third kappa shape index (κ3) is 3.24. The molecule has 0 saturated heterocycles. The number of Topliss-reactive ketones (excluding diaryl/α,β-unsaturated/α-hetero) is 3. The Labute approximate surface area is 197 Å². The second kappa shape index (κ2) is 8.08. The first-order valence-electron chi connectivity index (χ1n) is 12.2.